The molecule has 16 heavy (non-hydrogen) atoms. The number of carbonyl (C=O) groups is 1. The summed E-state index contributed by atoms with van der Waals surface area (Å²) in [4.78, 5) is 13.1. The van der Waals surface area contributed by atoms with Crippen molar-refractivity contribution in [1.82, 2.24) is 20.2 Å². The van der Waals surface area contributed by atoms with Crippen LogP contribution in [0.1, 0.15) is 40.8 Å². The minimum Gasteiger partial charge on any atom is -0.437 e. The highest BCUT2D eigenvalue weighted by Gasteiger charge is 2.29. The van der Waals surface area contributed by atoms with Crippen molar-refractivity contribution in [2.24, 2.45) is 11.3 Å². The molecule has 6 nitrogen and oxygen atoms in total. The number of aromatic nitrogens is 4. The van der Waals surface area contributed by atoms with Gasteiger partial charge in [0, 0.05) is 5.92 Å². The molecule has 0 saturated carbocycles. The fourth-order valence-electron chi connectivity index (χ4n) is 1.03. The third kappa shape index (κ3) is 3.01. The summed E-state index contributed by atoms with van der Waals surface area (Å²) in [6.45, 7) is 9.29. The Morgan fingerprint density at radius 3 is 2.38 bits per heavy atom. The van der Waals surface area contributed by atoms with Gasteiger partial charge in [0.05, 0.1) is 5.41 Å². The normalized spacial score (nSPS) is 13.9. The standard InChI is InChI=1S/C10H18N4O2/c1-7(2)8(14-12-6-11-13-14)16-9(15)10(3,4)5/h6-8H,1-5H3. The summed E-state index contributed by atoms with van der Waals surface area (Å²) in [7, 11) is 0. The van der Waals surface area contributed by atoms with Gasteiger partial charge in [0.1, 0.15) is 0 Å². The van der Waals surface area contributed by atoms with E-state index in [1.54, 1.807) is 0 Å². The van der Waals surface area contributed by atoms with Crippen LogP contribution in [-0.4, -0.2) is 26.2 Å². The molecule has 1 unspecified atom stereocenters. The van der Waals surface area contributed by atoms with Crippen molar-refractivity contribution in [3.8, 4) is 0 Å². The zero-order chi connectivity index (χ0) is 12.3. The Kier molecular flexibility index (Phi) is 3.62. The number of rotatable bonds is 3. The first-order chi connectivity index (χ1) is 7.32. The summed E-state index contributed by atoms with van der Waals surface area (Å²) in [6.07, 6.45) is 0.814. The number of tetrazole rings is 1. The maximum absolute atomic E-state index is 11.8. The fraction of sp³-hybridized carbons (Fsp3) is 0.800. The Hall–Kier alpha value is -1.46. The van der Waals surface area contributed by atoms with Crippen LogP contribution in [-0.2, 0) is 9.53 Å². The number of esters is 1. The molecular weight excluding hydrogens is 208 g/mol. The average Bonchev–Trinajstić information content (AvgIpc) is 2.63. The highest BCUT2D eigenvalue weighted by Crippen LogP contribution is 2.23. The summed E-state index contributed by atoms with van der Waals surface area (Å²) < 4.78 is 5.38. The predicted molar refractivity (Wildman–Crippen MR) is 57.2 cm³/mol. The fourth-order valence-corrected chi connectivity index (χ4v) is 1.03. The molecule has 0 saturated heterocycles. The lowest BCUT2D eigenvalue weighted by molar-refractivity contribution is -0.169. The van der Waals surface area contributed by atoms with Crippen molar-refractivity contribution in [3.63, 3.8) is 0 Å². The predicted octanol–water partition coefficient (Wildman–Crippen LogP) is 1.42. The van der Waals surface area contributed by atoms with Crippen molar-refractivity contribution >= 4 is 5.97 Å². The van der Waals surface area contributed by atoms with Crippen molar-refractivity contribution in [1.29, 1.82) is 0 Å². The van der Waals surface area contributed by atoms with Gasteiger partial charge in [-0.2, -0.15) is 0 Å². The van der Waals surface area contributed by atoms with E-state index >= 15 is 0 Å². The molecule has 1 rings (SSSR count). The second-order valence-electron chi connectivity index (χ2n) is 5.05. The maximum atomic E-state index is 11.8. The molecule has 0 aromatic carbocycles. The van der Waals surface area contributed by atoms with Gasteiger partial charge >= 0.3 is 5.97 Å². The molecule has 0 N–H and O–H groups in total. The first-order valence-corrected chi connectivity index (χ1v) is 5.26. The molecule has 0 amide bonds. The van der Waals surface area contributed by atoms with Gasteiger partial charge in [0.15, 0.2) is 6.33 Å². The Balaban J connectivity index is 2.78. The van der Waals surface area contributed by atoms with E-state index in [0.29, 0.717) is 0 Å². The molecule has 1 aromatic rings. The molecule has 1 heterocycles. The number of nitrogens with zero attached hydrogens (tertiary/aromatic N) is 4. The maximum Gasteiger partial charge on any atom is 0.313 e. The van der Waals surface area contributed by atoms with Crippen molar-refractivity contribution in [2.75, 3.05) is 0 Å². The van der Waals surface area contributed by atoms with E-state index in [1.807, 2.05) is 34.6 Å². The van der Waals surface area contributed by atoms with Gasteiger partial charge in [-0.25, -0.2) is 0 Å². The van der Waals surface area contributed by atoms with Crippen LogP contribution in [0.3, 0.4) is 0 Å². The van der Waals surface area contributed by atoms with Gasteiger partial charge in [0.25, 0.3) is 0 Å². The molecule has 0 spiro atoms. The van der Waals surface area contributed by atoms with Crippen molar-refractivity contribution in [3.05, 3.63) is 6.33 Å². The van der Waals surface area contributed by atoms with Crippen molar-refractivity contribution < 1.29 is 9.53 Å². The largest absolute Gasteiger partial charge is 0.437 e. The van der Waals surface area contributed by atoms with Crippen LogP contribution in [0.4, 0.5) is 0 Å². The quantitative estimate of drug-likeness (QED) is 0.729. The van der Waals surface area contributed by atoms with E-state index < -0.39 is 11.6 Å². The van der Waals surface area contributed by atoms with E-state index in [0.717, 1.165) is 0 Å². The summed E-state index contributed by atoms with van der Waals surface area (Å²) in [5.41, 5.74) is -0.534. The van der Waals surface area contributed by atoms with E-state index in [2.05, 4.69) is 15.4 Å². The Morgan fingerprint density at radius 1 is 1.38 bits per heavy atom. The van der Waals surface area contributed by atoms with Crippen LogP contribution in [0.25, 0.3) is 0 Å². The summed E-state index contributed by atoms with van der Waals surface area (Å²) >= 11 is 0. The van der Waals surface area contributed by atoms with Gasteiger partial charge in [-0.3, -0.25) is 4.79 Å². The first kappa shape index (κ1) is 12.6. The van der Waals surface area contributed by atoms with Crippen LogP contribution >= 0.6 is 0 Å². The average molecular weight is 226 g/mol. The van der Waals surface area contributed by atoms with Crippen LogP contribution in [0, 0.1) is 11.3 Å². The van der Waals surface area contributed by atoms with Crippen LogP contribution in [0.5, 0.6) is 0 Å². The molecule has 6 heteroatoms. The Labute approximate surface area is 95.0 Å². The molecule has 1 aromatic heterocycles. The topological polar surface area (TPSA) is 69.9 Å². The molecule has 1 atom stereocenters. The SMILES string of the molecule is CC(C)C(OC(=O)C(C)(C)C)n1ncnn1. The minimum absolute atomic E-state index is 0.0838. The van der Waals surface area contributed by atoms with Gasteiger partial charge in [0.2, 0.25) is 6.23 Å². The van der Waals surface area contributed by atoms with Crippen LogP contribution in [0.2, 0.25) is 0 Å². The Bertz CT molecular complexity index is 340. The molecule has 0 aliphatic heterocycles. The minimum atomic E-state index is -0.534. The monoisotopic (exact) mass is 226 g/mol. The molecule has 0 aliphatic rings. The molecule has 0 bridgehead atoms. The smallest absolute Gasteiger partial charge is 0.313 e. The lowest BCUT2D eigenvalue weighted by Crippen LogP contribution is -2.30. The second kappa shape index (κ2) is 4.59. The van der Waals surface area contributed by atoms with E-state index in [-0.39, 0.29) is 11.9 Å². The van der Waals surface area contributed by atoms with Gasteiger partial charge in [-0.05, 0) is 26.0 Å². The van der Waals surface area contributed by atoms with Crippen LogP contribution in [0.15, 0.2) is 6.33 Å². The summed E-state index contributed by atoms with van der Waals surface area (Å²) in [5, 5.41) is 11.2. The van der Waals surface area contributed by atoms with E-state index in [4.69, 9.17) is 4.74 Å². The summed E-state index contributed by atoms with van der Waals surface area (Å²) in [5.74, 6) is -0.191. The lowest BCUT2D eigenvalue weighted by Gasteiger charge is -2.24. The van der Waals surface area contributed by atoms with Crippen molar-refractivity contribution in [2.45, 2.75) is 40.8 Å². The Morgan fingerprint density at radius 2 is 2.00 bits per heavy atom. The summed E-state index contributed by atoms with van der Waals surface area (Å²) in [6, 6.07) is 0. The zero-order valence-electron chi connectivity index (χ0n) is 10.3. The molecule has 90 valence electrons. The third-order valence-corrected chi connectivity index (χ3v) is 2.00. The third-order valence-electron chi connectivity index (χ3n) is 2.00. The number of ether oxygens (including phenoxy) is 1. The second-order valence-corrected chi connectivity index (χ2v) is 5.05. The highest BCUT2D eigenvalue weighted by atomic mass is 16.6. The van der Waals surface area contributed by atoms with E-state index in [1.165, 1.54) is 11.1 Å². The molecule has 0 fully saturated rings. The first-order valence-electron chi connectivity index (χ1n) is 5.26. The van der Waals surface area contributed by atoms with Gasteiger partial charge in [-0.15, -0.1) is 15.0 Å². The molecular formula is C10H18N4O2. The molecule has 0 radical (unpaired) electrons. The number of carbonyl (C=O) groups excluding carboxylic acids is 1. The number of hydrogen-bond donors (Lipinski definition) is 0. The highest BCUT2D eigenvalue weighted by molar-refractivity contribution is 5.75. The van der Waals surface area contributed by atoms with Gasteiger partial charge < -0.3 is 4.74 Å². The number of hydrogen-bond acceptors (Lipinski definition) is 5. The van der Waals surface area contributed by atoms with Gasteiger partial charge in [-0.1, -0.05) is 13.8 Å². The lowest BCUT2D eigenvalue weighted by atomic mass is 9.97. The molecule has 0 aliphatic carbocycles. The van der Waals surface area contributed by atoms with Crippen LogP contribution < -0.4 is 0 Å². The van der Waals surface area contributed by atoms with E-state index in [9.17, 15) is 4.79 Å². The zero-order valence-corrected chi connectivity index (χ0v) is 10.3.